The van der Waals surface area contributed by atoms with E-state index in [1.54, 1.807) is 0 Å². The van der Waals surface area contributed by atoms with Crippen molar-refractivity contribution in [3.05, 3.63) is 0 Å². The Morgan fingerprint density at radius 2 is 2.00 bits per heavy atom. The van der Waals surface area contributed by atoms with Crippen LogP contribution < -0.4 is 10.6 Å². The molecule has 1 saturated carbocycles. The van der Waals surface area contributed by atoms with Crippen LogP contribution in [0, 0.1) is 11.3 Å². The summed E-state index contributed by atoms with van der Waals surface area (Å²) in [6.45, 7) is 5.15. The molecule has 0 aromatic heterocycles. The van der Waals surface area contributed by atoms with Crippen molar-refractivity contribution in [3.8, 4) is 0 Å². The van der Waals surface area contributed by atoms with Crippen LogP contribution in [0.4, 0.5) is 0 Å². The SMILES string of the molecule is CCC1(C(=O)NCC2CNC2)CCCC1.Cl. The first kappa shape index (κ1) is 13.8. The van der Waals surface area contributed by atoms with Crippen molar-refractivity contribution < 1.29 is 4.79 Å². The van der Waals surface area contributed by atoms with Crippen LogP contribution in [-0.2, 0) is 4.79 Å². The monoisotopic (exact) mass is 246 g/mol. The fourth-order valence-corrected chi connectivity index (χ4v) is 2.71. The molecule has 1 saturated heterocycles. The molecule has 2 fully saturated rings. The normalized spacial score (nSPS) is 23.3. The Kier molecular flexibility index (Phi) is 5.06. The van der Waals surface area contributed by atoms with E-state index < -0.39 is 0 Å². The fraction of sp³-hybridized carbons (Fsp3) is 0.917. The van der Waals surface area contributed by atoms with Crippen LogP contribution in [0.3, 0.4) is 0 Å². The van der Waals surface area contributed by atoms with E-state index in [9.17, 15) is 4.79 Å². The van der Waals surface area contributed by atoms with Gasteiger partial charge in [-0.1, -0.05) is 19.8 Å². The molecule has 0 radical (unpaired) electrons. The van der Waals surface area contributed by atoms with Gasteiger partial charge in [0, 0.05) is 31.0 Å². The van der Waals surface area contributed by atoms with Gasteiger partial charge >= 0.3 is 0 Å². The summed E-state index contributed by atoms with van der Waals surface area (Å²) in [5.74, 6) is 0.985. The van der Waals surface area contributed by atoms with Gasteiger partial charge in [0.1, 0.15) is 0 Å². The van der Waals surface area contributed by atoms with Crippen molar-refractivity contribution in [1.29, 1.82) is 0 Å². The molecular weight excluding hydrogens is 224 g/mol. The first-order valence-electron chi connectivity index (χ1n) is 6.26. The Bertz CT molecular complexity index is 235. The summed E-state index contributed by atoms with van der Waals surface area (Å²) in [6.07, 6.45) is 5.65. The number of rotatable bonds is 4. The lowest BCUT2D eigenvalue weighted by Gasteiger charge is -2.31. The van der Waals surface area contributed by atoms with Crippen LogP contribution in [0.15, 0.2) is 0 Å². The molecule has 94 valence electrons. The standard InChI is InChI=1S/C12H22N2O.ClH/c1-2-12(5-3-4-6-12)11(15)14-9-10-7-13-8-10;/h10,13H,2-9H2,1H3,(H,14,15);1H. The van der Waals surface area contributed by atoms with E-state index in [4.69, 9.17) is 0 Å². The Balaban J connectivity index is 0.00000128. The second-order valence-electron chi connectivity index (χ2n) is 5.08. The van der Waals surface area contributed by atoms with E-state index in [0.717, 1.165) is 38.9 Å². The smallest absolute Gasteiger partial charge is 0.226 e. The van der Waals surface area contributed by atoms with Crippen molar-refractivity contribution in [2.75, 3.05) is 19.6 Å². The second-order valence-corrected chi connectivity index (χ2v) is 5.08. The van der Waals surface area contributed by atoms with Gasteiger partial charge in [0.25, 0.3) is 0 Å². The van der Waals surface area contributed by atoms with Crippen LogP contribution in [0.1, 0.15) is 39.0 Å². The predicted molar refractivity (Wildman–Crippen MR) is 67.8 cm³/mol. The predicted octanol–water partition coefficient (Wildman–Crippen LogP) is 1.71. The maximum Gasteiger partial charge on any atom is 0.226 e. The van der Waals surface area contributed by atoms with E-state index in [0.29, 0.717) is 11.8 Å². The van der Waals surface area contributed by atoms with E-state index in [-0.39, 0.29) is 17.8 Å². The summed E-state index contributed by atoms with van der Waals surface area (Å²) >= 11 is 0. The summed E-state index contributed by atoms with van der Waals surface area (Å²) < 4.78 is 0. The van der Waals surface area contributed by atoms with Crippen molar-refractivity contribution in [2.45, 2.75) is 39.0 Å². The lowest BCUT2D eigenvalue weighted by Crippen LogP contribution is -2.50. The van der Waals surface area contributed by atoms with Crippen LogP contribution in [0.2, 0.25) is 0 Å². The quantitative estimate of drug-likeness (QED) is 0.793. The van der Waals surface area contributed by atoms with E-state index in [1.807, 2.05) is 0 Å². The van der Waals surface area contributed by atoms with Gasteiger partial charge in [0.15, 0.2) is 0 Å². The molecule has 1 heterocycles. The molecule has 0 unspecified atom stereocenters. The average molecular weight is 247 g/mol. The molecule has 2 N–H and O–H groups in total. The Morgan fingerprint density at radius 1 is 1.38 bits per heavy atom. The average Bonchev–Trinajstić information content (AvgIpc) is 2.64. The largest absolute Gasteiger partial charge is 0.355 e. The van der Waals surface area contributed by atoms with Gasteiger partial charge in [-0.25, -0.2) is 0 Å². The van der Waals surface area contributed by atoms with Crippen molar-refractivity contribution in [3.63, 3.8) is 0 Å². The number of hydrogen-bond acceptors (Lipinski definition) is 2. The molecule has 3 nitrogen and oxygen atoms in total. The lowest BCUT2D eigenvalue weighted by molar-refractivity contribution is -0.131. The van der Waals surface area contributed by atoms with Crippen molar-refractivity contribution in [1.82, 2.24) is 10.6 Å². The van der Waals surface area contributed by atoms with Gasteiger partial charge < -0.3 is 10.6 Å². The Labute approximate surface area is 104 Å². The maximum atomic E-state index is 12.1. The summed E-state index contributed by atoms with van der Waals surface area (Å²) in [5, 5.41) is 6.37. The molecule has 16 heavy (non-hydrogen) atoms. The highest BCUT2D eigenvalue weighted by atomic mass is 35.5. The molecule has 0 aromatic carbocycles. The minimum atomic E-state index is -0.0167. The minimum Gasteiger partial charge on any atom is -0.355 e. The van der Waals surface area contributed by atoms with Gasteiger partial charge in [0.05, 0.1) is 0 Å². The van der Waals surface area contributed by atoms with Crippen LogP contribution in [0.25, 0.3) is 0 Å². The summed E-state index contributed by atoms with van der Waals surface area (Å²) in [7, 11) is 0. The zero-order valence-electron chi connectivity index (χ0n) is 10.1. The van der Waals surface area contributed by atoms with Gasteiger partial charge in [-0.15, -0.1) is 12.4 Å². The molecule has 0 aromatic rings. The molecule has 2 aliphatic rings. The number of hydrogen-bond donors (Lipinski definition) is 2. The third-order valence-corrected chi connectivity index (χ3v) is 4.14. The highest BCUT2D eigenvalue weighted by Crippen LogP contribution is 2.41. The van der Waals surface area contributed by atoms with Crippen molar-refractivity contribution >= 4 is 18.3 Å². The number of carbonyl (C=O) groups is 1. The topological polar surface area (TPSA) is 41.1 Å². The molecular formula is C12H23ClN2O. The van der Waals surface area contributed by atoms with Gasteiger partial charge in [-0.3, -0.25) is 4.79 Å². The minimum absolute atomic E-state index is 0. The fourth-order valence-electron chi connectivity index (χ4n) is 2.71. The molecule has 4 heteroatoms. The molecule has 1 aliphatic heterocycles. The molecule has 1 aliphatic carbocycles. The molecule has 0 spiro atoms. The number of carbonyl (C=O) groups excluding carboxylic acids is 1. The van der Waals surface area contributed by atoms with Crippen LogP contribution in [0.5, 0.6) is 0 Å². The Morgan fingerprint density at radius 3 is 2.44 bits per heavy atom. The van der Waals surface area contributed by atoms with E-state index in [1.165, 1.54) is 12.8 Å². The van der Waals surface area contributed by atoms with Crippen LogP contribution >= 0.6 is 12.4 Å². The highest BCUT2D eigenvalue weighted by Gasteiger charge is 2.39. The Hall–Kier alpha value is -0.280. The first-order valence-corrected chi connectivity index (χ1v) is 6.26. The molecule has 2 rings (SSSR count). The first-order chi connectivity index (χ1) is 7.27. The second kappa shape index (κ2) is 5.87. The maximum absolute atomic E-state index is 12.1. The number of halogens is 1. The van der Waals surface area contributed by atoms with Gasteiger partial charge in [-0.05, 0) is 19.3 Å². The zero-order valence-corrected chi connectivity index (χ0v) is 10.9. The summed E-state index contributed by atoms with van der Waals surface area (Å²) in [6, 6.07) is 0. The van der Waals surface area contributed by atoms with E-state index >= 15 is 0 Å². The summed E-state index contributed by atoms with van der Waals surface area (Å²) in [5.41, 5.74) is -0.0167. The van der Waals surface area contributed by atoms with Crippen molar-refractivity contribution in [2.24, 2.45) is 11.3 Å². The van der Waals surface area contributed by atoms with Gasteiger partial charge in [0.2, 0.25) is 5.91 Å². The molecule has 1 amide bonds. The third-order valence-electron chi connectivity index (χ3n) is 4.14. The summed E-state index contributed by atoms with van der Waals surface area (Å²) in [4.78, 5) is 12.1. The molecule has 0 atom stereocenters. The number of amides is 1. The number of nitrogens with one attached hydrogen (secondary N) is 2. The zero-order chi connectivity index (χ0) is 10.7. The molecule has 0 bridgehead atoms. The third kappa shape index (κ3) is 2.69. The van der Waals surface area contributed by atoms with Gasteiger partial charge in [-0.2, -0.15) is 0 Å². The van der Waals surface area contributed by atoms with Crippen LogP contribution in [-0.4, -0.2) is 25.5 Å². The highest BCUT2D eigenvalue weighted by molar-refractivity contribution is 5.85. The van der Waals surface area contributed by atoms with E-state index in [2.05, 4.69) is 17.6 Å². The lowest BCUT2D eigenvalue weighted by atomic mass is 9.82.